The molecule has 2 aromatic rings. The molecular formula is C12H14N6. The van der Waals surface area contributed by atoms with Crippen LogP contribution in [0.15, 0.2) is 30.7 Å². The first-order valence-electron chi connectivity index (χ1n) is 5.56. The van der Waals surface area contributed by atoms with Gasteiger partial charge < -0.3 is 15.2 Å². The van der Waals surface area contributed by atoms with E-state index in [1.165, 1.54) is 6.33 Å². The predicted molar refractivity (Wildman–Crippen MR) is 69.0 cm³/mol. The molecule has 18 heavy (non-hydrogen) atoms. The number of H-pyrrole nitrogens is 1. The normalized spacial score (nSPS) is 9.78. The fourth-order valence-electron chi connectivity index (χ4n) is 1.58. The van der Waals surface area contributed by atoms with Crippen LogP contribution in [0.25, 0.3) is 0 Å². The van der Waals surface area contributed by atoms with Crippen molar-refractivity contribution >= 4 is 11.6 Å². The van der Waals surface area contributed by atoms with E-state index in [-0.39, 0.29) is 6.54 Å². The van der Waals surface area contributed by atoms with Crippen LogP contribution in [0, 0.1) is 11.3 Å². The fourth-order valence-corrected chi connectivity index (χ4v) is 1.58. The zero-order chi connectivity index (χ0) is 12.8. The maximum absolute atomic E-state index is 8.51. The summed E-state index contributed by atoms with van der Waals surface area (Å²) in [5.41, 5.74) is 1.11. The minimum absolute atomic E-state index is 0.233. The van der Waals surface area contributed by atoms with E-state index >= 15 is 0 Å². The van der Waals surface area contributed by atoms with E-state index in [0.717, 1.165) is 18.1 Å². The Morgan fingerprint density at radius 2 is 2.39 bits per heavy atom. The van der Waals surface area contributed by atoms with Crippen LogP contribution in [-0.2, 0) is 6.54 Å². The second-order valence-corrected chi connectivity index (χ2v) is 3.82. The van der Waals surface area contributed by atoms with Crippen molar-refractivity contribution in [3.63, 3.8) is 0 Å². The summed E-state index contributed by atoms with van der Waals surface area (Å²) in [6.07, 6.45) is 3.38. The Labute approximate surface area is 105 Å². The van der Waals surface area contributed by atoms with Crippen LogP contribution in [0.3, 0.4) is 0 Å². The van der Waals surface area contributed by atoms with E-state index < -0.39 is 0 Å². The molecule has 0 saturated carbocycles. The highest BCUT2D eigenvalue weighted by molar-refractivity contribution is 5.48. The highest BCUT2D eigenvalue weighted by Crippen LogP contribution is 2.14. The first kappa shape index (κ1) is 11.9. The van der Waals surface area contributed by atoms with E-state index in [4.69, 9.17) is 5.26 Å². The monoisotopic (exact) mass is 242 g/mol. The van der Waals surface area contributed by atoms with Crippen molar-refractivity contribution in [3.8, 4) is 6.07 Å². The highest BCUT2D eigenvalue weighted by atomic mass is 15.2. The SMILES string of the molecule is CN(Cc1ccc[nH]1)c1cc(NCC#N)ncn1. The molecule has 2 N–H and O–H groups in total. The average molecular weight is 242 g/mol. The fraction of sp³-hybridized carbons (Fsp3) is 0.250. The molecule has 92 valence electrons. The van der Waals surface area contributed by atoms with Gasteiger partial charge in [0.25, 0.3) is 0 Å². The van der Waals surface area contributed by atoms with Crippen LogP contribution >= 0.6 is 0 Å². The van der Waals surface area contributed by atoms with Crippen molar-refractivity contribution in [3.05, 3.63) is 36.4 Å². The third kappa shape index (κ3) is 2.98. The van der Waals surface area contributed by atoms with E-state index in [2.05, 4.69) is 20.3 Å². The number of anilines is 2. The Bertz CT molecular complexity index is 528. The molecule has 0 spiro atoms. The summed E-state index contributed by atoms with van der Waals surface area (Å²) in [4.78, 5) is 13.4. The van der Waals surface area contributed by atoms with Crippen molar-refractivity contribution in [2.24, 2.45) is 0 Å². The molecule has 0 aliphatic rings. The largest absolute Gasteiger partial charge is 0.364 e. The Morgan fingerprint density at radius 1 is 1.50 bits per heavy atom. The van der Waals surface area contributed by atoms with E-state index in [1.807, 2.05) is 42.4 Å². The molecule has 2 heterocycles. The Morgan fingerprint density at radius 3 is 3.11 bits per heavy atom. The van der Waals surface area contributed by atoms with Gasteiger partial charge >= 0.3 is 0 Å². The number of hydrogen-bond acceptors (Lipinski definition) is 5. The molecule has 0 saturated heterocycles. The average Bonchev–Trinajstić information content (AvgIpc) is 2.89. The molecule has 0 unspecified atom stereocenters. The number of aromatic amines is 1. The lowest BCUT2D eigenvalue weighted by molar-refractivity contribution is 0.869. The van der Waals surface area contributed by atoms with Gasteiger partial charge in [-0.2, -0.15) is 5.26 Å². The Kier molecular flexibility index (Phi) is 3.76. The lowest BCUT2D eigenvalue weighted by Gasteiger charge is -2.17. The van der Waals surface area contributed by atoms with E-state index in [9.17, 15) is 0 Å². The minimum Gasteiger partial charge on any atom is -0.364 e. The van der Waals surface area contributed by atoms with Crippen LogP contribution in [0.1, 0.15) is 5.69 Å². The number of hydrogen-bond donors (Lipinski definition) is 2. The topological polar surface area (TPSA) is 80.6 Å². The second-order valence-electron chi connectivity index (χ2n) is 3.82. The Hall–Kier alpha value is -2.55. The number of aromatic nitrogens is 3. The Balaban J connectivity index is 2.05. The highest BCUT2D eigenvalue weighted by Gasteiger charge is 2.05. The maximum atomic E-state index is 8.51. The smallest absolute Gasteiger partial charge is 0.134 e. The van der Waals surface area contributed by atoms with Crippen molar-refractivity contribution in [1.82, 2.24) is 15.0 Å². The number of nitrogens with one attached hydrogen (secondary N) is 2. The van der Waals surface area contributed by atoms with Gasteiger partial charge in [0.1, 0.15) is 24.5 Å². The van der Waals surface area contributed by atoms with Gasteiger partial charge in [0, 0.05) is 25.0 Å². The standard InChI is InChI=1S/C12H14N6/c1-18(8-10-3-2-5-14-10)12-7-11(15-6-4-13)16-9-17-12/h2-3,5,7,9,14H,6,8H2,1H3,(H,15,16,17). The van der Waals surface area contributed by atoms with Crippen LogP contribution in [-0.4, -0.2) is 28.5 Å². The first-order valence-corrected chi connectivity index (χ1v) is 5.56. The molecule has 0 aliphatic carbocycles. The molecule has 0 atom stereocenters. The maximum Gasteiger partial charge on any atom is 0.134 e. The summed E-state index contributed by atoms with van der Waals surface area (Å²) >= 11 is 0. The van der Waals surface area contributed by atoms with Crippen LogP contribution in [0.5, 0.6) is 0 Å². The number of nitriles is 1. The van der Waals surface area contributed by atoms with E-state index in [0.29, 0.717) is 5.82 Å². The van der Waals surface area contributed by atoms with Gasteiger partial charge in [0.05, 0.1) is 12.6 Å². The van der Waals surface area contributed by atoms with Gasteiger partial charge in [-0.05, 0) is 12.1 Å². The summed E-state index contributed by atoms with van der Waals surface area (Å²) in [7, 11) is 1.96. The summed E-state index contributed by atoms with van der Waals surface area (Å²) in [6, 6.07) is 7.81. The third-order valence-electron chi connectivity index (χ3n) is 2.46. The molecule has 6 nitrogen and oxygen atoms in total. The molecule has 0 aliphatic heterocycles. The predicted octanol–water partition coefficient (Wildman–Crippen LogP) is 1.38. The summed E-state index contributed by atoms with van der Waals surface area (Å²) in [5.74, 6) is 1.46. The summed E-state index contributed by atoms with van der Waals surface area (Å²) in [6.45, 7) is 0.971. The molecule has 2 aromatic heterocycles. The van der Waals surface area contributed by atoms with Crippen molar-refractivity contribution in [1.29, 1.82) is 5.26 Å². The minimum atomic E-state index is 0.233. The lowest BCUT2D eigenvalue weighted by Crippen LogP contribution is -2.18. The van der Waals surface area contributed by atoms with Crippen LogP contribution in [0.4, 0.5) is 11.6 Å². The van der Waals surface area contributed by atoms with Gasteiger partial charge in [-0.1, -0.05) is 0 Å². The second kappa shape index (κ2) is 5.68. The molecule has 2 rings (SSSR count). The van der Waals surface area contributed by atoms with Crippen LogP contribution < -0.4 is 10.2 Å². The molecule has 0 amide bonds. The summed E-state index contributed by atoms with van der Waals surface area (Å²) < 4.78 is 0. The molecule has 0 fully saturated rings. The number of rotatable bonds is 5. The number of nitrogens with zero attached hydrogens (tertiary/aromatic N) is 4. The first-order chi connectivity index (χ1) is 8.79. The molecule has 0 bridgehead atoms. The van der Waals surface area contributed by atoms with Crippen molar-refractivity contribution < 1.29 is 0 Å². The van der Waals surface area contributed by atoms with Crippen LogP contribution in [0.2, 0.25) is 0 Å². The van der Waals surface area contributed by atoms with Gasteiger partial charge in [-0.15, -0.1) is 0 Å². The van der Waals surface area contributed by atoms with Gasteiger partial charge in [-0.25, -0.2) is 9.97 Å². The third-order valence-corrected chi connectivity index (χ3v) is 2.46. The van der Waals surface area contributed by atoms with E-state index in [1.54, 1.807) is 0 Å². The van der Waals surface area contributed by atoms with Gasteiger partial charge in [-0.3, -0.25) is 0 Å². The molecule has 0 aromatic carbocycles. The zero-order valence-corrected chi connectivity index (χ0v) is 10.1. The van der Waals surface area contributed by atoms with Gasteiger partial charge in [0.15, 0.2) is 0 Å². The lowest BCUT2D eigenvalue weighted by atomic mass is 10.4. The van der Waals surface area contributed by atoms with Gasteiger partial charge in [0.2, 0.25) is 0 Å². The summed E-state index contributed by atoms with van der Waals surface area (Å²) in [5, 5.41) is 11.4. The molecular weight excluding hydrogens is 228 g/mol. The molecule has 0 radical (unpaired) electrons. The van der Waals surface area contributed by atoms with Crippen molar-refractivity contribution in [2.45, 2.75) is 6.54 Å². The molecule has 6 heteroatoms. The zero-order valence-electron chi connectivity index (χ0n) is 10.1. The quantitative estimate of drug-likeness (QED) is 0.774. The van der Waals surface area contributed by atoms with Crippen molar-refractivity contribution in [2.75, 3.05) is 23.8 Å².